The maximum atomic E-state index is 12.6. The van der Waals surface area contributed by atoms with Crippen molar-refractivity contribution in [2.45, 2.75) is 25.3 Å². The third-order valence-electron chi connectivity index (χ3n) is 4.73. The van der Waals surface area contributed by atoms with Gasteiger partial charge < -0.3 is 5.32 Å². The third kappa shape index (κ3) is 5.25. The fourth-order valence-corrected chi connectivity index (χ4v) is 4.52. The monoisotopic (exact) mass is 440 g/mol. The molecule has 0 aliphatic heterocycles. The molecule has 2 aromatic carbocycles. The summed E-state index contributed by atoms with van der Waals surface area (Å²) in [6.45, 7) is 4.56. The molecule has 162 valence electrons. The van der Waals surface area contributed by atoms with Gasteiger partial charge in [0.15, 0.2) is 0 Å². The molecule has 0 atom stereocenters. The zero-order chi connectivity index (χ0) is 22.4. The number of aromatic nitrogens is 2. The molecular weight excluding hydrogens is 416 g/mol. The highest BCUT2D eigenvalue weighted by Crippen LogP contribution is 2.18. The van der Waals surface area contributed by atoms with Crippen molar-refractivity contribution in [1.82, 2.24) is 14.1 Å². The number of anilines is 1. The van der Waals surface area contributed by atoms with Gasteiger partial charge in [0.25, 0.3) is 11.5 Å². The molecule has 0 aliphatic rings. The lowest BCUT2D eigenvalue weighted by molar-refractivity contribution is 0.102. The van der Waals surface area contributed by atoms with Gasteiger partial charge in [-0.25, -0.2) is 13.1 Å². The number of sulfonamides is 1. The van der Waals surface area contributed by atoms with E-state index >= 15 is 0 Å². The molecule has 8 nitrogen and oxygen atoms in total. The molecule has 0 radical (unpaired) electrons. The molecule has 0 saturated heterocycles. The van der Waals surface area contributed by atoms with Crippen LogP contribution in [-0.2, 0) is 16.6 Å². The largest absolute Gasteiger partial charge is 0.321 e. The van der Waals surface area contributed by atoms with Crippen molar-refractivity contribution in [2.24, 2.45) is 0 Å². The van der Waals surface area contributed by atoms with Crippen molar-refractivity contribution in [2.75, 3.05) is 18.4 Å². The summed E-state index contributed by atoms with van der Waals surface area (Å²) in [4.78, 5) is 24.9. The molecule has 1 heterocycles. The average Bonchev–Trinajstić information content (AvgIpc) is 2.77. The number of carbonyl (C=O) groups is 1. The summed E-state index contributed by atoms with van der Waals surface area (Å²) in [7, 11) is -3.57. The fourth-order valence-electron chi connectivity index (χ4n) is 3.06. The molecule has 0 unspecified atom stereocenters. The normalized spacial score (nSPS) is 11.5. The van der Waals surface area contributed by atoms with E-state index in [1.165, 1.54) is 45.4 Å². The second-order valence-corrected chi connectivity index (χ2v) is 8.71. The molecule has 31 heavy (non-hydrogen) atoms. The Morgan fingerprint density at radius 3 is 2.23 bits per heavy atom. The van der Waals surface area contributed by atoms with E-state index < -0.39 is 15.9 Å². The van der Waals surface area contributed by atoms with E-state index in [1.807, 2.05) is 30.3 Å². The van der Waals surface area contributed by atoms with Gasteiger partial charge >= 0.3 is 0 Å². The highest BCUT2D eigenvalue weighted by atomic mass is 32.2. The number of nitrogens with zero attached hydrogens (tertiary/aromatic N) is 3. The summed E-state index contributed by atoms with van der Waals surface area (Å²) in [6, 6.07) is 17.9. The predicted molar refractivity (Wildman–Crippen MR) is 119 cm³/mol. The van der Waals surface area contributed by atoms with Gasteiger partial charge in [0.05, 0.1) is 11.4 Å². The quantitative estimate of drug-likeness (QED) is 0.580. The summed E-state index contributed by atoms with van der Waals surface area (Å²) in [5.41, 5.74) is 1.08. The Morgan fingerprint density at radius 2 is 1.61 bits per heavy atom. The van der Waals surface area contributed by atoms with E-state index in [0.717, 1.165) is 5.56 Å². The maximum Gasteiger partial charge on any atom is 0.276 e. The van der Waals surface area contributed by atoms with Crippen LogP contribution in [-0.4, -0.2) is 41.5 Å². The third-order valence-corrected chi connectivity index (χ3v) is 6.79. The summed E-state index contributed by atoms with van der Waals surface area (Å²) in [5, 5.41) is 6.83. The molecule has 9 heteroatoms. The van der Waals surface area contributed by atoms with E-state index in [4.69, 9.17) is 0 Å². The second-order valence-electron chi connectivity index (χ2n) is 6.77. The van der Waals surface area contributed by atoms with E-state index in [2.05, 4.69) is 10.4 Å². The van der Waals surface area contributed by atoms with Crippen LogP contribution in [0.1, 0.15) is 29.9 Å². The van der Waals surface area contributed by atoms with Gasteiger partial charge in [0.2, 0.25) is 10.0 Å². The van der Waals surface area contributed by atoms with Crippen LogP contribution in [0.15, 0.2) is 76.4 Å². The van der Waals surface area contributed by atoms with Gasteiger partial charge in [-0.05, 0) is 35.9 Å². The van der Waals surface area contributed by atoms with Crippen LogP contribution in [0.2, 0.25) is 0 Å². The number of rotatable bonds is 8. The van der Waals surface area contributed by atoms with Gasteiger partial charge in [0, 0.05) is 24.8 Å². The van der Waals surface area contributed by atoms with Crippen LogP contribution in [0.3, 0.4) is 0 Å². The van der Waals surface area contributed by atoms with Crippen molar-refractivity contribution in [3.63, 3.8) is 0 Å². The van der Waals surface area contributed by atoms with Crippen LogP contribution in [0, 0.1) is 0 Å². The van der Waals surface area contributed by atoms with E-state index in [1.54, 1.807) is 13.8 Å². The Balaban J connectivity index is 1.76. The number of benzene rings is 2. The first-order valence-corrected chi connectivity index (χ1v) is 11.3. The van der Waals surface area contributed by atoms with Gasteiger partial charge in [0.1, 0.15) is 5.69 Å². The van der Waals surface area contributed by atoms with Gasteiger partial charge in [-0.1, -0.05) is 44.2 Å². The van der Waals surface area contributed by atoms with Crippen LogP contribution < -0.4 is 10.9 Å². The molecule has 1 N–H and O–H groups in total. The highest BCUT2D eigenvalue weighted by molar-refractivity contribution is 7.89. The van der Waals surface area contributed by atoms with Crippen LogP contribution >= 0.6 is 0 Å². The van der Waals surface area contributed by atoms with E-state index in [-0.39, 0.29) is 22.7 Å². The van der Waals surface area contributed by atoms with Gasteiger partial charge in [-0.15, -0.1) is 0 Å². The minimum atomic E-state index is -3.57. The molecule has 0 fully saturated rings. The van der Waals surface area contributed by atoms with Crippen LogP contribution in [0.4, 0.5) is 5.69 Å². The SMILES string of the molecule is CCN(CC)S(=O)(=O)c1ccc(NC(=O)c2ccc(=O)n(Cc3ccccc3)n2)cc1. The maximum absolute atomic E-state index is 12.6. The highest BCUT2D eigenvalue weighted by Gasteiger charge is 2.21. The Morgan fingerprint density at radius 1 is 0.968 bits per heavy atom. The number of hydrogen-bond donors (Lipinski definition) is 1. The second kappa shape index (κ2) is 9.67. The fraction of sp³-hybridized carbons (Fsp3) is 0.227. The minimum absolute atomic E-state index is 0.0790. The van der Waals surface area contributed by atoms with Crippen molar-refractivity contribution >= 4 is 21.6 Å². The lowest BCUT2D eigenvalue weighted by Gasteiger charge is -2.18. The smallest absolute Gasteiger partial charge is 0.276 e. The number of amides is 1. The Labute approximate surface area is 181 Å². The van der Waals surface area contributed by atoms with Crippen molar-refractivity contribution in [3.05, 3.63) is 88.3 Å². The molecule has 0 spiro atoms. The van der Waals surface area contributed by atoms with Crippen molar-refractivity contribution in [3.8, 4) is 0 Å². The topological polar surface area (TPSA) is 101 Å². The molecule has 0 aliphatic carbocycles. The standard InChI is InChI=1S/C22H24N4O4S/c1-3-25(4-2)31(29,30)19-12-10-18(11-13-19)23-22(28)20-14-15-21(27)26(24-20)16-17-8-6-5-7-9-17/h5-15H,3-4,16H2,1-2H3,(H,23,28). The van der Waals surface area contributed by atoms with E-state index in [9.17, 15) is 18.0 Å². The first-order chi connectivity index (χ1) is 14.8. The molecule has 3 rings (SSSR count). The van der Waals surface area contributed by atoms with E-state index in [0.29, 0.717) is 18.8 Å². The zero-order valence-corrected chi connectivity index (χ0v) is 18.2. The van der Waals surface area contributed by atoms with Gasteiger partial charge in [-0.2, -0.15) is 9.40 Å². The Kier molecular flexibility index (Phi) is 6.98. The first kappa shape index (κ1) is 22.4. The molecule has 1 aromatic heterocycles. The summed E-state index contributed by atoms with van der Waals surface area (Å²) in [5.74, 6) is -0.499. The summed E-state index contributed by atoms with van der Waals surface area (Å²) >= 11 is 0. The minimum Gasteiger partial charge on any atom is -0.321 e. The zero-order valence-electron chi connectivity index (χ0n) is 17.4. The first-order valence-electron chi connectivity index (χ1n) is 9.88. The molecular formula is C22H24N4O4S. The lowest BCUT2D eigenvalue weighted by atomic mass is 10.2. The summed E-state index contributed by atoms with van der Waals surface area (Å²) < 4.78 is 27.7. The number of carbonyl (C=O) groups excluding carboxylic acids is 1. The predicted octanol–water partition coefficient (Wildman–Crippen LogP) is 2.57. The van der Waals surface area contributed by atoms with Gasteiger partial charge in [-0.3, -0.25) is 9.59 Å². The molecule has 1 amide bonds. The average molecular weight is 441 g/mol. The van der Waals surface area contributed by atoms with Crippen LogP contribution in [0.5, 0.6) is 0 Å². The van der Waals surface area contributed by atoms with Crippen LogP contribution in [0.25, 0.3) is 0 Å². The molecule has 0 bridgehead atoms. The number of nitrogens with one attached hydrogen (secondary N) is 1. The summed E-state index contributed by atoms with van der Waals surface area (Å²) in [6.07, 6.45) is 0. The van der Waals surface area contributed by atoms with Crippen molar-refractivity contribution in [1.29, 1.82) is 0 Å². The lowest BCUT2D eigenvalue weighted by Crippen LogP contribution is -2.30. The molecule has 0 saturated carbocycles. The Hall–Kier alpha value is -3.30. The number of hydrogen-bond acceptors (Lipinski definition) is 5. The Bertz CT molecular complexity index is 1200. The van der Waals surface area contributed by atoms with Crippen molar-refractivity contribution < 1.29 is 13.2 Å². The molecule has 3 aromatic rings.